The third kappa shape index (κ3) is 5.09. The Morgan fingerprint density at radius 2 is 1.75 bits per heavy atom. The maximum atomic E-state index is 12.2. The number of anilines is 1. The molecule has 0 unspecified atom stereocenters. The zero-order valence-electron chi connectivity index (χ0n) is 16.7. The number of benzene rings is 2. The largest absolute Gasteiger partial charge is 0.484 e. The Labute approximate surface area is 172 Å². The molecule has 1 saturated heterocycles. The molecule has 1 heterocycles. The molecule has 2 aromatic carbocycles. The van der Waals surface area contributed by atoms with Crippen LogP contribution in [0.3, 0.4) is 0 Å². The van der Waals surface area contributed by atoms with E-state index in [1.807, 2.05) is 56.3 Å². The summed E-state index contributed by atoms with van der Waals surface area (Å²) in [6.45, 7) is 7.94. The minimum atomic E-state index is -0.175. The van der Waals surface area contributed by atoms with Gasteiger partial charge in [-0.25, -0.2) is 0 Å². The van der Waals surface area contributed by atoms with Crippen molar-refractivity contribution in [3.05, 3.63) is 59.2 Å². The number of nitrogens with one attached hydrogen (secondary N) is 1. The maximum Gasteiger partial charge on any atom is 0.262 e. The van der Waals surface area contributed by atoms with Crippen molar-refractivity contribution < 1.29 is 9.53 Å². The molecular weight excluding hydrogens is 370 g/mol. The zero-order valence-corrected chi connectivity index (χ0v) is 17.5. The van der Waals surface area contributed by atoms with Gasteiger partial charge >= 0.3 is 0 Å². The number of piperazine rings is 1. The molecule has 148 valence electrons. The molecule has 0 aliphatic carbocycles. The number of aryl methyl sites for hydroxylation is 1. The van der Waals surface area contributed by atoms with Gasteiger partial charge in [0.05, 0.1) is 0 Å². The van der Waals surface area contributed by atoms with Gasteiger partial charge in [0, 0.05) is 37.4 Å². The molecule has 1 fully saturated rings. The number of ether oxygens (including phenoxy) is 1. The van der Waals surface area contributed by atoms with Crippen molar-refractivity contribution in [1.82, 2.24) is 9.80 Å². The first kappa shape index (κ1) is 20.3. The van der Waals surface area contributed by atoms with E-state index in [1.54, 1.807) is 0 Å². The number of thiocarbonyl (C=S) groups is 1. The smallest absolute Gasteiger partial charge is 0.262 e. The van der Waals surface area contributed by atoms with E-state index in [1.165, 1.54) is 0 Å². The molecular formula is C22H27N3O2S. The fourth-order valence-corrected chi connectivity index (χ4v) is 3.43. The zero-order chi connectivity index (χ0) is 20.1. The second-order valence-electron chi connectivity index (χ2n) is 7.20. The molecule has 1 amide bonds. The lowest BCUT2D eigenvalue weighted by Crippen LogP contribution is -2.46. The molecule has 3 rings (SSSR count). The van der Waals surface area contributed by atoms with Crippen LogP contribution in [0.4, 0.5) is 5.69 Å². The molecule has 0 radical (unpaired) electrons. The highest BCUT2D eigenvalue weighted by molar-refractivity contribution is 7.80. The van der Waals surface area contributed by atoms with Gasteiger partial charge in [0.2, 0.25) is 0 Å². The van der Waals surface area contributed by atoms with Crippen molar-refractivity contribution in [1.29, 1.82) is 0 Å². The summed E-state index contributed by atoms with van der Waals surface area (Å²) < 4.78 is 5.63. The first-order chi connectivity index (χ1) is 13.4. The van der Waals surface area contributed by atoms with E-state index in [2.05, 4.69) is 22.2 Å². The summed E-state index contributed by atoms with van der Waals surface area (Å²) in [5, 5.41) is 2.90. The Morgan fingerprint density at radius 3 is 2.43 bits per heavy atom. The van der Waals surface area contributed by atoms with E-state index >= 15 is 0 Å². The van der Waals surface area contributed by atoms with Crippen LogP contribution in [0.2, 0.25) is 0 Å². The molecule has 0 atom stereocenters. The molecule has 0 bridgehead atoms. The van der Waals surface area contributed by atoms with E-state index in [-0.39, 0.29) is 12.5 Å². The highest BCUT2D eigenvalue weighted by Gasteiger charge is 2.17. The number of hydrogen-bond acceptors (Lipinski definition) is 4. The Kier molecular flexibility index (Phi) is 6.65. The second-order valence-corrected chi connectivity index (χ2v) is 7.59. The molecule has 2 aromatic rings. The predicted octanol–water partition coefficient (Wildman–Crippen LogP) is 3.24. The summed E-state index contributed by atoms with van der Waals surface area (Å²) in [4.78, 5) is 17.6. The quantitative estimate of drug-likeness (QED) is 0.785. The van der Waals surface area contributed by atoms with Gasteiger partial charge in [0.1, 0.15) is 10.7 Å². The van der Waals surface area contributed by atoms with Crippen LogP contribution in [0, 0.1) is 13.8 Å². The summed E-state index contributed by atoms with van der Waals surface area (Å²) in [5.74, 6) is 0.478. The van der Waals surface area contributed by atoms with E-state index < -0.39 is 0 Å². The number of likely N-dealkylation sites (N-methyl/N-ethyl adjacent to an activating group) is 1. The van der Waals surface area contributed by atoms with Crippen LogP contribution in [-0.2, 0) is 4.79 Å². The lowest BCUT2D eigenvalue weighted by atomic mass is 10.1. The standard InChI is InChI=1S/C22H27N3O2S/c1-16-5-4-6-20(17(16)2)23-21(26)15-27-19-9-7-18(8-10-19)22(28)25-13-11-24(3)12-14-25/h4-10H,11-15H2,1-3H3,(H,23,26). The van der Waals surface area contributed by atoms with Gasteiger partial charge in [0.25, 0.3) is 5.91 Å². The molecule has 0 aromatic heterocycles. The summed E-state index contributed by atoms with van der Waals surface area (Å²) in [7, 11) is 2.13. The first-order valence-electron chi connectivity index (χ1n) is 9.51. The van der Waals surface area contributed by atoms with Crippen LogP contribution < -0.4 is 10.1 Å². The molecule has 28 heavy (non-hydrogen) atoms. The van der Waals surface area contributed by atoms with Crippen LogP contribution in [0.5, 0.6) is 5.75 Å². The third-order valence-corrected chi connectivity index (χ3v) is 5.63. The fraction of sp³-hybridized carbons (Fsp3) is 0.364. The van der Waals surface area contributed by atoms with Crippen molar-refractivity contribution in [3.8, 4) is 5.75 Å². The topological polar surface area (TPSA) is 44.8 Å². The van der Waals surface area contributed by atoms with Gasteiger partial charge in [-0.1, -0.05) is 24.4 Å². The number of nitrogens with zero attached hydrogens (tertiary/aromatic N) is 2. The number of carbonyl (C=O) groups is 1. The fourth-order valence-electron chi connectivity index (χ4n) is 3.11. The average molecular weight is 398 g/mol. The van der Waals surface area contributed by atoms with Gasteiger partial charge in [-0.15, -0.1) is 0 Å². The van der Waals surface area contributed by atoms with E-state index in [0.717, 1.165) is 53.5 Å². The summed E-state index contributed by atoms with van der Waals surface area (Å²) in [6, 6.07) is 13.5. The monoisotopic (exact) mass is 397 g/mol. The Balaban J connectivity index is 1.52. The van der Waals surface area contributed by atoms with Crippen molar-refractivity contribution in [2.75, 3.05) is 45.2 Å². The molecule has 1 N–H and O–H groups in total. The maximum absolute atomic E-state index is 12.2. The predicted molar refractivity (Wildman–Crippen MR) is 117 cm³/mol. The molecule has 1 aliphatic rings. The van der Waals surface area contributed by atoms with E-state index in [0.29, 0.717) is 5.75 Å². The molecule has 0 spiro atoms. The third-order valence-electron chi connectivity index (χ3n) is 5.14. The first-order valence-corrected chi connectivity index (χ1v) is 9.91. The van der Waals surface area contributed by atoms with Crippen molar-refractivity contribution in [2.24, 2.45) is 0 Å². The van der Waals surface area contributed by atoms with Crippen LogP contribution >= 0.6 is 12.2 Å². The minimum absolute atomic E-state index is 0.0321. The number of rotatable bonds is 5. The second kappa shape index (κ2) is 9.17. The normalized spacial score (nSPS) is 14.6. The SMILES string of the molecule is Cc1cccc(NC(=O)COc2ccc(C(=S)N3CCN(C)CC3)cc2)c1C. The Bertz CT molecular complexity index is 843. The van der Waals surface area contributed by atoms with Gasteiger partial charge in [0.15, 0.2) is 6.61 Å². The summed E-state index contributed by atoms with van der Waals surface area (Å²) >= 11 is 5.63. The lowest BCUT2D eigenvalue weighted by molar-refractivity contribution is -0.118. The van der Waals surface area contributed by atoms with Gasteiger partial charge < -0.3 is 19.9 Å². The lowest BCUT2D eigenvalue weighted by Gasteiger charge is -2.34. The van der Waals surface area contributed by atoms with Crippen LogP contribution in [0.1, 0.15) is 16.7 Å². The Morgan fingerprint density at radius 1 is 1.07 bits per heavy atom. The molecule has 0 saturated carbocycles. The van der Waals surface area contributed by atoms with Gasteiger partial charge in [-0.2, -0.15) is 0 Å². The van der Waals surface area contributed by atoms with E-state index in [4.69, 9.17) is 17.0 Å². The van der Waals surface area contributed by atoms with Crippen molar-refractivity contribution in [2.45, 2.75) is 13.8 Å². The minimum Gasteiger partial charge on any atom is -0.484 e. The van der Waals surface area contributed by atoms with Gasteiger partial charge in [-0.3, -0.25) is 4.79 Å². The summed E-state index contributed by atoms with van der Waals surface area (Å²) in [6.07, 6.45) is 0. The summed E-state index contributed by atoms with van der Waals surface area (Å²) in [5.41, 5.74) is 4.04. The number of amides is 1. The van der Waals surface area contributed by atoms with Crippen LogP contribution in [-0.4, -0.2) is 60.5 Å². The van der Waals surface area contributed by atoms with Crippen LogP contribution in [0.15, 0.2) is 42.5 Å². The molecule has 1 aliphatic heterocycles. The van der Waals surface area contributed by atoms with E-state index in [9.17, 15) is 4.79 Å². The average Bonchev–Trinajstić information content (AvgIpc) is 2.70. The van der Waals surface area contributed by atoms with Crippen molar-refractivity contribution in [3.63, 3.8) is 0 Å². The highest BCUT2D eigenvalue weighted by atomic mass is 32.1. The number of hydrogen-bond donors (Lipinski definition) is 1. The molecule has 6 heteroatoms. The Hall–Kier alpha value is -2.44. The van der Waals surface area contributed by atoms with Crippen LogP contribution in [0.25, 0.3) is 0 Å². The van der Waals surface area contributed by atoms with Crippen molar-refractivity contribution >= 4 is 28.8 Å². The highest BCUT2D eigenvalue weighted by Crippen LogP contribution is 2.18. The number of carbonyl (C=O) groups excluding carboxylic acids is 1. The van der Waals surface area contributed by atoms with Gasteiger partial charge in [-0.05, 0) is 62.4 Å². The molecule has 5 nitrogen and oxygen atoms in total.